The van der Waals surface area contributed by atoms with Crippen molar-refractivity contribution in [2.75, 3.05) is 38.0 Å². The molecule has 0 radical (unpaired) electrons. The van der Waals surface area contributed by atoms with E-state index in [-0.39, 0.29) is 24.0 Å². The van der Waals surface area contributed by atoms with Gasteiger partial charge in [0.1, 0.15) is 5.82 Å². The van der Waals surface area contributed by atoms with Crippen molar-refractivity contribution in [3.05, 3.63) is 65.5 Å². The second-order valence-corrected chi connectivity index (χ2v) is 7.03. The number of amides is 1. The maximum Gasteiger partial charge on any atom is 0.416 e. The van der Waals surface area contributed by atoms with Crippen molar-refractivity contribution in [1.29, 1.82) is 0 Å². The molecule has 29 heavy (non-hydrogen) atoms. The highest BCUT2D eigenvalue weighted by atomic mass is 19.4. The molecule has 3 rings (SSSR count). The van der Waals surface area contributed by atoms with Crippen LogP contribution < -0.4 is 5.32 Å². The van der Waals surface area contributed by atoms with E-state index in [4.69, 9.17) is 0 Å². The van der Waals surface area contributed by atoms with Gasteiger partial charge in [-0.1, -0.05) is 24.3 Å². The van der Waals surface area contributed by atoms with E-state index in [0.717, 1.165) is 25.1 Å². The van der Waals surface area contributed by atoms with Gasteiger partial charge in [-0.05, 0) is 30.7 Å². The zero-order chi connectivity index (χ0) is 20.9. The summed E-state index contributed by atoms with van der Waals surface area (Å²) in [7, 11) is 0. The molecule has 2 aromatic carbocycles. The van der Waals surface area contributed by atoms with E-state index in [0.29, 0.717) is 31.7 Å². The Bertz CT molecular complexity index is 841. The maximum absolute atomic E-state index is 13.8. The standard InChI is InChI=1S/C21H23F4N3O/c22-19-8-2-1-5-16(19)15-27-9-4-10-28(12-11-27)20(29)14-26-18-7-3-6-17(13-18)21(23,24)25/h1-3,5-8,13,26H,4,9-12,14-15H2. The lowest BCUT2D eigenvalue weighted by Crippen LogP contribution is -2.38. The molecule has 1 aliphatic heterocycles. The number of alkyl halides is 3. The summed E-state index contributed by atoms with van der Waals surface area (Å²) in [6.07, 6.45) is -3.67. The fourth-order valence-electron chi connectivity index (χ4n) is 3.34. The van der Waals surface area contributed by atoms with Crippen LogP contribution in [0.1, 0.15) is 17.5 Å². The van der Waals surface area contributed by atoms with Crippen LogP contribution >= 0.6 is 0 Å². The minimum absolute atomic E-state index is 0.0748. The molecule has 0 aromatic heterocycles. The highest BCUT2D eigenvalue weighted by molar-refractivity contribution is 5.81. The van der Waals surface area contributed by atoms with Gasteiger partial charge in [-0.25, -0.2) is 4.39 Å². The summed E-state index contributed by atoms with van der Waals surface area (Å²) < 4.78 is 52.2. The highest BCUT2D eigenvalue weighted by Gasteiger charge is 2.30. The largest absolute Gasteiger partial charge is 0.416 e. The smallest absolute Gasteiger partial charge is 0.376 e. The number of carbonyl (C=O) groups excluding carboxylic acids is 1. The van der Waals surface area contributed by atoms with Gasteiger partial charge in [0, 0.05) is 44.0 Å². The Hall–Kier alpha value is -2.61. The van der Waals surface area contributed by atoms with E-state index < -0.39 is 11.7 Å². The summed E-state index contributed by atoms with van der Waals surface area (Å²) in [6.45, 7) is 2.84. The summed E-state index contributed by atoms with van der Waals surface area (Å²) in [5, 5.41) is 2.78. The van der Waals surface area contributed by atoms with Crippen molar-refractivity contribution in [3.63, 3.8) is 0 Å². The Labute approximate surface area is 167 Å². The van der Waals surface area contributed by atoms with Crippen LogP contribution in [-0.2, 0) is 17.5 Å². The van der Waals surface area contributed by atoms with Gasteiger partial charge in [0.15, 0.2) is 0 Å². The summed E-state index contributed by atoms with van der Waals surface area (Å²) in [4.78, 5) is 16.3. The van der Waals surface area contributed by atoms with Crippen LogP contribution in [-0.4, -0.2) is 48.4 Å². The number of nitrogens with zero attached hydrogens (tertiary/aromatic N) is 2. The van der Waals surface area contributed by atoms with E-state index in [1.165, 1.54) is 18.2 Å². The lowest BCUT2D eigenvalue weighted by atomic mass is 10.2. The molecule has 0 saturated carbocycles. The van der Waals surface area contributed by atoms with Crippen LogP contribution in [0.15, 0.2) is 48.5 Å². The summed E-state index contributed by atoms with van der Waals surface area (Å²) in [5.41, 5.74) is 0.121. The molecule has 0 unspecified atom stereocenters. The van der Waals surface area contributed by atoms with Gasteiger partial charge in [0.25, 0.3) is 0 Å². The molecule has 0 spiro atoms. The highest BCUT2D eigenvalue weighted by Crippen LogP contribution is 2.30. The molecule has 156 valence electrons. The Kier molecular flexibility index (Phi) is 6.74. The predicted molar refractivity (Wildman–Crippen MR) is 103 cm³/mol. The number of nitrogens with one attached hydrogen (secondary N) is 1. The average Bonchev–Trinajstić information content (AvgIpc) is 2.93. The molecule has 0 atom stereocenters. The minimum atomic E-state index is -4.42. The van der Waals surface area contributed by atoms with E-state index >= 15 is 0 Å². The molecule has 2 aromatic rings. The van der Waals surface area contributed by atoms with Crippen LogP contribution in [0.25, 0.3) is 0 Å². The third kappa shape index (κ3) is 5.93. The molecule has 0 bridgehead atoms. The van der Waals surface area contributed by atoms with Crippen LogP contribution in [0, 0.1) is 5.82 Å². The van der Waals surface area contributed by atoms with Crippen molar-refractivity contribution in [1.82, 2.24) is 9.80 Å². The van der Waals surface area contributed by atoms with Gasteiger partial charge >= 0.3 is 6.18 Å². The van der Waals surface area contributed by atoms with Crippen molar-refractivity contribution < 1.29 is 22.4 Å². The monoisotopic (exact) mass is 409 g/mol. The number of hydrogen-bond acceptors (Lipinski definition) is 3. The van der Waals surface area contributed by atoms with Gasteiger partial charge < -0.3 is 10.2 Å². The van der Waals surface area contributed by atoms with E-state index in [9.17, 15) is 22.4 Å². The van der Waals surface area contributed by atoms with Crippen LogP contribution in [0.5, 0.6) is 0 Å². The fourth-order valence-corrected chi connectivity index (χ4v) is 3.34. The second-order valence-electron chi connectivity index (χ2n) is 7.03. The topological polar surface area (TPSA) is 35.6 Å². The van der Waals surface area contributed by atoms with Gasteiger partial charge in [-0.2, -0.15) is 13.2 Å². The van der Waals surface area contributed by atoms with Crippen LogP contribution in [0.3, 0.4) is 0 Å². The molecule has 8 heteroatoms. The Morgan fingerprint density at radius 3 is 2.55 bits per heavy atom. The first kappa shape index (κ1) is 21.1. The summed E-state index contributed by atoms with van der Waals surface area (Å²) in [6, 6.07) is 11.4. The van der Waals surface area contributed by atoms with Gasteiger partial charge in [0.05, 0.1) is 12.1 Å². The van der Waals surface area contributed by atoms with Gasteiger partial charge in [-0.15, -0.1) is 0 Å². The third-order valence-corrected chi connectivity index (χ3v) is 4.93. The molecule has 1 amide bonds. The number of anilines is 1. The third-order valence-electron chi connectivity index (χ3n) is 4.93. The van der Waals surface area contributed by atoms with Crippen molar-refractivity contribution in [2.45, 2.75) is 19.1 Å². The zero-order valence-corrected chi connectivity index (χ0v) is 15.9. The Balaban J connectivity index is 1.51. The quantitative estimate of drug-likeness (QED) is 0.759. The van der Waals surface area contributed by atoms with E-state index in [1.54, 1.807) is 23.1 Å². The molecule has 1 N–H and O–H groups in total. The molecule has 1 fully saturated rings. The van der Waals surface area contributed by atoms with Crippen molar-refractivity contribution in [3.8, 4) is 0 Å². The SMILES string of the molecule is O=C(CNc1cccc(C(F)(F)F)c1)N1CCCN(Cc2ccccc2F)CC1. The molecule has 0 aliphatic carbocycles. The first-order valence-electron chi connectivity index (χ1n) is 9.47. The molecule has 1 aliphatic rings. The van der Waals surface area contributed by atoms with Gasteiger partial charge in [-0.3, -0.25) is 9.69 Å². The Morgan fingerprint density at radius 1 is 1.00 bits per heavy atom. The molecule has 1 saturated heterocycles. The normalized spacial score (nSPS) is 15.8. The van der Waals surface area contributed by atoms with Crippen molar-refractivity contribution in [2.24, 2.45) is 0 Å². The molecular formula is C21H23F4N3O. The fraction of sp³-hybridized carbons (Fsp3) is 0.381. The second kappa shape index (κ2) is 9.26. The molecule has 1 heterocycles. The van der Waals surface area contributed by atoms with Crippen LogP contribution in [0.4, 0.5) is 23.2 Å². The lowest BCUT2D eigenvalue weighted by Gasteiger charge is -2.22. The molecule has 4 nitrogen and oxygen atoms in total. The first-order valence-corrected chi connectivity index (χ1v) is 9.47. The average molecular weight is 409 g/mol. The number of rotatable bonds is 5. The number of benzene rings is 2. The summed E-state index contributed by atoms with van der Waals surface area (Å²) in [5.74, 6) is -0.412. The van der Waals surface area contributed by atoms with E-state index in [1.807, 2.05) is 0 Å². The predicted octanol–water partition coefficient (Wildman–Crippen LogP) is 3.99. The summed E-state index contributed by atoms with van der Waals surface area (Å²) >= 11 is 0. The van der Waals surface area contributed by atoms with Gasteiger partial charge in [0.2, 0.25) is 5.91 Å². The zero-order valence-electron chi connectivity index (χ0n) is 15.9. The minimum Gasteiger partial charge on any atom is -0.376 e. The molecular weight excluding hydrogens is 386 g/mol. The number of halogens is 4. The maximum atomic E-state index is 13.8. The van der Waals surface area contributed by atoms with Crippen LogP contribution in [0.2, 0.25) is 0 Å². The van der Waals surface area contributed by atoms with Crippen molar-refractivity contribution >= 4 is 11.6 Å². The van der Waals surface area contributed by atoms with E-state index in [2.05, 4.69) is 10.2 Å². The lowest BCUT2D eigenvalue weighted by molar-refractivity contribution is -0.137. The first-order chi connectivity index (χ1) is 13.8. The number of carbonyl (C=O) groups is 1. The number of hydrogen-bond donors (Lipinski definition) is 1. The Morgan fingerprint density at radius 2 is 1.79 bits per heavy atom.